The lowest BCUT2D eigenvalue weighted by molar-refractivity contribution is -0.145. The molecule has 3 aliphatic heterocycles. The van der Waals surface area contributed by atoms with E-state index in [1.54, 1.807) is 0 Å². The second-order valence-electron chi connectivity index (χ2n) is 5.59. The summed E-state index contributed by atoms with van der Waals surface area (Å²) in [6, 6.07) is 0. The fourth-order valence-electron chi connectivity index (χ4n) is 4.07. The third kappa shape index (κ3) is 1.00. The predicted molar refractivity (Wildman–Crippen MR) is 62.0 cm³/mol. The zero-order valence-corrected chi connectivity index (χ0v) is 10.7. The average molecular weight is 225 g/mol. The quantitative estimate of drug-likeness (QED) is 0.736. The van der Waals surface area contributed by atoms with Gasteiger partial charge < -0.3 is 9.47 Å². The molecule has 0 aromatic rings. The van der Waals surface area contributed by atoms with Crippen LogP contribution in [0, 0.1) is 0 Å². The van der Waals surface area contributed by atoms with E-state index in [0.717, 1.165) is 45.3 Å². The molecular formula is C13H23NO2. The summed E-state index contributed by atoms with van der Waals surface area (Å²) in [5.41, 5.74) is 0.146. The van der Waals surface area contributed by atoms with Crippen molar-refractivity contribution in [2.75, 3.05) is 13.2 Å². The Kier molecular flexibility index (Phi) is 2.21. The van der Waals surface area contributed by atoms with Crippen LogP contribution in [0.1, 0.15) is 52.9 Å². The van der Waals surface area contributed by atoms with E-state index in [2.05, 4.69) is 25.7 Å². The second-order valence-corrected chi connectivity index (χ2v) is 5.59. The Morgan fingerprint density at radius 3 is 1.75 bits per heavy atom. The van der Waals surface area contributed by atoms with Crippen LogP contribution in [0.5, 0.6) is 0 Å². The van der Waals surface area contributed by atoms with Crippen LogP contribution >= 0.6 is 0 Å². The monoisotopic (exact) mass is 225 g/mol. The molecule has 16 heavy (non-hydrogen) atoms. The first kappa shape index (κ1) is 11.0. The van der Waals surface area contributed by atoms with Crippen LogP contribution in [-0.4, -0.2) is 35.1 Å². The van der Waals surface area contributed by atoms with Gasteiger partial charge in [-0.3, -0.25) is 0 Å². The summed E-state index contributed by atoms with van der Waals surface area (Å²) in [5.74, 6) is 0. The smallest absolute Gasteiger partial charge is 0.124 e. The lowest BCUT2D eigenvalue weighted by atomic mass is 9.95. The van der Waals surface area contributed by atoms with Gasteiger partial charge in [0, 0.05) is 0 Å². The van der Waals surface area contributed by atoms with E-state index in [1.165, 1.54) is 0 Å². The van der Waals surface area contributed by atoms with Crippen molar-refractivity contribution in [1.82, 2.24) is 4.90 Å². The van der Waals surface area contributed by atoms with Gasteiger partial charge in [0.15, 0.2) is 0 Å². The Balaban J connectivity index is 2.06. The molecule has 92 valence electrons. The first-order chi connectivity index (χ1) is 7.67. The fourth-order valence-corrected chi connectivity index (χ4v) is 4.07. The molecule has 2 unspecified atom stereocenters. The molecule has 0 aromatic carbocycles. The predicted octanol–water partition coefficient (Wildman–Crippen LogP) is 2.50. The standard InChI is InChI=1S/C13H23NO2/c1-4-11-9-15-12(5-2)7-8-13(6-3,14(11)12)16-10-11/h4-10H2,1-3H3. The first-order valence-electron chi connectivity index (χ1n) is 6.75. The zero-order valence-electron chi connectivity index (χ0n) is 10.7. The Morgan fingerprint density at radius 1 is 0.875 bits per heavy atom. The lowest BCUT2D eigenvalue weighted by Crippen LogP contribution is -2.55. The molecule has 3 rings (SSSR count). The molecule has 3 fully saturated rings. The third-order valence-electron chi connectivity index (χ3n) is 5.18. The van der Waals surface area contributed by atoms with Gasteiger partial charge in [0.25, 0.3) is 0 Å². The lowest BCUT2D eigenvalue weighted by Gasteiger charge is -2.40. The molecule has 3 heterocycles. The summed E-state index contributed by atoms with van der Waals surface area (Å²) in [7, 11) is 0. The Hall–Kier alpha value is -0.120. The van der Waals surface area contributed by atoms with E-state index >= 15 is 0 Å². The molecule has 3 saturated heterocycles. The van der Waals surface area contributed by atoms with Gasteiger partial charge in [0.2, 0.25) is 0 Å². The Morgan fingerprint density at radius 2 is 1.38 bits per heavy atom. The highest BCUT2D eigenvalue weighted by atomic mass is 16.6. The number of rotatable bonds is 3. The third-order valence-corrected chi connectivity index (χ3v) is 5.18. The minimum atomic E-state index is -0.0114. The molecule has 0 aromatic heterocycles. The molecule has 0 bridgehead atoms. The molecule has 2 atom stereocenters. The van der Waals surface area contributed by atoms with Crippen molar-refractivity contribution in [1.29, 1.82) is 0 Å². The molecule has 0 saturated carbocycles. The summed E-state index contributed by atoms with van der Waals surface area (Å²) in [6.07, 6.45) is 5.58. The van der Waals surface area contributed by atoms with E-state index in [-0.39, 0.29) is 17.0 Å². The molecule has 0 radical (unpaired) electrons. The van der Waals surface area contributed by atoms with Crippen LogP contribution in [-0.2, 0) is 9.47 Å². The van der Waals surface area contributed by atoms with Gasteiger partial charge in [-0.05, 0) is 32.1 Å². The van der Waals surface area contributed by atoms with Gasteiger partial charge in [-0.2, -0.15) is 0 Å². The van der Waals surface area contributed by atoms with Crippen molar-refractivity contribution < 1.29 is 9.47 Å². The first-order valence-corrected chi connectivity index (χ1v) is 6.75. The number of ether oxygens (including phenoxy) is 2. The van der Waals surface area contributed by atoms with Gasteiger partial charge in [0.1, 0.15) is 11.4 Å². The average Bonchev–Trinajstić information content (AvgIpc) is 2.94. The normalized spacial score (nSPS) is 51.2. The van der Waals surface area contributed by atoms with Crippen molar-refractivity contribution >= 4 is 0 Å². The largest absolute Gasteiger partial charge is 0.358 e. The van der Waals surface area contributed by atoms with Crippen molar-refractivity contribution in [3.63, 3.8) is 0 Å². The molecule has 0 aliphatic carbocycles. The summed E-state index contributed by atoms with van der Waals surface area (Å²) >= 11 is 0. The molecule has 3 aliphatic rings. The maximum Gasteiger partial charge on any atom is 0.124 e. The topological polar surface area (TPSA) is 21.7 Å². The van der Waals surface area contributed by atoms with E-state index in [4.69, 9.17) is 9.47 Å². The molecule has 0 spiro atoms. The SMILES string of the molecule is CCC12COC3(CC)CCC(CC)(OC1)N23. The Labute approximate surface area is 98.1 Å². The highest BCUT2D eigenvalue weighted by Gasteiger charge is 2.70. The molecule has 0 N–H and O–H groups in total. The van der Waals surface area contributed by atoms with Crippen molar-refractivity contribution in [2.24, 2.45) is 0 Å². The zero-order chi connectivity index (χ0) is 11.4. The highest BCUT2D eigenvalue weighted by molar-refractivity contribution is 5.15. The minimum Gasteiger partial charge on any atom is -0.358 e. The van der Waals surface area contributed by atoms with E-state index in [0.29, 0.717) is 0 Å². The summed E-state index contributed by atoms with van der Waals surface area (Å²) in [4.78, 5) is 2.62. The van der Waals surface area contributed by atoms with Gasteiger partial charge in [-0.1, -0.05) is 20.8 Å². The summed E-state index contributed by atoms with van der Waals surface area (Å²) in [6.45, 7) is 8.48. The molecule has 3 nitrogen and oxygen atoms in total. The van der Waals surface area contributed by atoms with Crippen molar-refractivity contribution in [2.45, 2.75) is 69.9 Å². The van der Waals surface area contributed by atoms with Crippen LogP contribution in [0.25, 0.3) is 0 Å². The summed E-state index contributed by atoms with van der Waals surface area (Å²) in [5, 5.41) is 0. The highest BCUT2D eigenvalue weighted by Crippen LogP contribution is 2.58. The van der Waals surface area contributed by atoms with Crippen LogP contribution in [0.3, 0.4) is 0 Å². The van der Waals surface area contributed by atoms with Crippen LogP contribution in [0.4, 0.5) is 0 Å². The van der Waals surface area contributed by atoms with Gasteiger partial charge in [-0.15, -0.1) is 0 Å². The Bertz CT molecular complexity index is 243. The van der Waals surface area contributed by atoms with Crippen LogP contribution < -0.4 is 0 Å². The van der Waals surface area contributed by atoms with Gasteiger partial charge >= 0.3 is 0 Å². The second kappa shape index (κ2) is 3.21. The van der Waals surface area contributed by atoms with Crippen molar-refractivity contribution in [3.8, 4) is 0 Å². The van der Waals surface area contributed by atoms with Gasteiger partial charge in [0.05, 0.1) is 18.8 Å². The fraction of sp³-hybridized carbons (Fsp3) is 1.00. The maximum absolute atomic E-state index is 6.21. The molecule has 0 amide bonds. The summed E-state index contributed by atoms with van der Waals surface area (Å²) < 4.78 is 12.4. The van der Waals surface area contributed by atoms with Crippen molar-refractivity contribution in [3.05, 3.63) is 0 Å². The van der Waals surface area contributed by atoms with E-state index in [1.807, 2.05) is 0 Å². The molecule has 3 heteroatoms. The van der Waals surface area contributed by atoms with E-state index < -0.39 is 0 Å². The number of nitrogens with zero attached hydrogens (tertiary/aromatic N) is 1. The van der Waals surface area contributed by atoms with Gasteiger partial charge in [-0.25, -0.2) is 4.90 Å². The van der Waals surface area contributed by atoms with Crippen LogP contribution in [0.2, 0.25) is 0 Å². The minimum absolute atomic E-state index is 0.0114. The number of hydrogen-bond donors (Lipinski definition) is 0. The van der Waals surface area contributed by atoms with E-state index in [9.17, 15) is 0 Å². The number of hydrogen-bond acceptors (Lipinski definition) is 3. The van der Waals surface area contributed by atoms with Crippen LogP contribution in [0.15, 0.2) is 0 Å². The molecular weight excluding hydrogens is 202 g/mol. The maximum atomic E-state index is 6.21.